The summed E-state index contributed by atoms with van der Waals surface area (Å²) in [5, 5.41) is 3.41. The van der Waals surface area contributed by atoms with E-state index in [9.17, 15) is 4.79 Å². The van der Waals surface area contributed by atoms with Gasteiger partial charge in [-0.2, -0.15) is 0 Å². The zero-order chi connectivity index (χ0) is 13.7. The summed E-state index contributed by atoms with van der Waals surface area (Å²) < 4.78 is 0. The molecule has 1 amide bonds. The smallest absolute Gasteiger partial charge is 0.228 e. The fraction of sp³-hybridized carbons (Fsp3) is 0.941. The van der Waals surface area contributed by atoms with Crippen LogP contribution in [-0.4, -0.2) is 37.0 Å². The Kier molecular flexibility index (Phi) is 3.10. The Labute approximate surface area is 122 Å². The maximum Gasteiger partial charge on any atom is 0.228 e. The minimum absolute atomic E-state index is 0.0500. The molecular weight excluding hydrogens is 248 g/mol. The zero-order valence-electron chi connectivity index (χ0n) is 12.7. The van der Waals surface area contributed by atoms with Gasteiger partial charge in [-0.05, 0) is 82.2 Å². The van der Waals surface area contributed by atoms with Crippen LogP contribution in [0.15, 0.2) is 0 Å². The van der Waals surface area contributed by atoms with E-state index in [0.717, 1.165) is 43.7 Å². The van der Waals surface area contributed by atoms with Crippen LogP contribution in [0.25, 0.3) is 0 Å². The maximum atomic E-state index is 13.2. The van der Waals surface area contributed by atoms with E-state index in [1.165, 1.54) is 38.5 Å². The molecule has 1 heterocycles. The van der Waals surface area contributed by atoms with E-state index >= 15 is 0 Å². The second-order valence-corrected chi connectivity index (χ2v) is 8.10. The molecular formula is C17H28N2O. The van der Waals surface area contributed by atoms with Crippen LogP contribution in [-0.2, 0) is 4.79 Å². The Hall–Kier alpha value is -0.570. The van der Waals surface area contributed by atoms with Crippen molar-refractivity contribution in [2.75, 3.05) is 20.1 Å². The van der Waals surface area contributed by atoms with E-state index in [-0.39, 0.29) is 5.41 Å². The minimum Gasteiger partial charge on any atom is -0.342 e. The topological polar surface area (TPSA) is 32.3 Å². The van der Waals surface area contributed by atoms with Gasteiger partial charge in [0.1, 0.15) is 0 Å². The van der Waals surface area contributed by atoms with Crippen LogP contribution in [0.2, 0.25) is 0 Å². The summed E-state index contributed by atoms with van der Waals surface area (Å²) in [5.41, 5.74) is 0.0500. The molecule has 5 rings (SSSR count). The van der Waals surface area contributed by atoms with Gasteiger partial charge in [-0.1, -0.05) is 0 Å². The van der Waals surface area contributed by atoms with Crippen molar-refractivity contribution < 1.29 is 4.79 Å². The van der Waals surface area contributed by atoms with Crippen molar-refractivity contribution >= 4 is 5.91 Å². The predicted molar refractivity (Wildman–Crippen MR) is 79.3 cm³/mol. The molecule has 0 unspecified atom stereocenters. The molecule has 4 saturated carbocycles. The van der Waals surface area contributed by atoms with Crippen molar-refractivity contribution in [3.63, 3.8) is 0 Å². The van der Waals surface area contributed by atoms with Gasteiger partial charge in [0.25, 0.3) is 0 Å². The average Bonchev–Trinajstić information content (AvgIpc) is 2.45. The molecule has 5 fully saturated rings. The van der Waals surface area contributed by atoms with E-state index in [2.05, 4.69) is 17.3 Å². The summed E-state index contributed by atoms with van der Waals surface area (Å²) in [6.07, 6.45) is 10.1. The van der Waals surface area contributed by atoms with Crippen molar-refractivity contribution in [2.45, 2.75) is 57.4 Å². The Balaban J connectivity index is 1.52. The molecule has 4 bridgehead atoms. The molecule has 3 nitrogen and oxygen atoms in total. The first-order chi connectivity index (χ1) is 9.66. The summed E-state index contributed by atoms with van der Waals surface area (Å²) in [5.74, 6) is 3.10. The van der Waals surface area contributed by atoms with Crippen molar-refractivity contribution in [3.05, 3.63) is 0 Å². The van der Waals surface area contributed by atoms with E-state index in [1.807, 2.05) is 0 Å². The Morgan fingerprint density at radius 1 is 1.00 bits per heavy atom. The molecule has 0 spiro atoms. The molecule has 3 heteroatoms. The molecule has 5 aliphatic rings. The van der Waals surface area contributed by atoms with E-state index < -0.39 is 0 Å². The van der Waals surface area contributed by atoms with Gasteiger partial charge in [0.05, 0.1) is 5.41 Å². The Bertz CT molecular complexity index is 365. The van der Waals surface area contributed by atoms with E-state index in [1.54, 1.807) is 0 Å². The fourth-order valence-corrected chi connectivity index (χ4v) is 6.11. The van der Waals surface area contributed by atoms with Gasteiger partial charge in [0.2, 0.25) is 5.91 Å². The summed E-state index contributed by atoms with van der Waals surface area (Å²) in [6.45, 7) is 2.15. The van der Waals surface area contributed by atoms with Crippen LogP contribution >= 0.6 is 0 Å². The summed E-state index contributed by atoms with van der Waals surface area (Å²) in [4.78, 5) is 15.3. The van der Waals surface area contributed by atoms with E-state index in [0.29, 0.717) is 11.9 Å². The first kappa shape index (κ1) is 13.1. The van der Waals surface area contributed by atoms with Gasteiger partial charge >= 0.3 is 0 Å². The van der Waals surface area contributed by atoms with Gasteiger partial charge < -0.3 is 10.2 Å². The zero-order valence-corrected chi connectivity index (χ0v) is 12.7. The standard InChI is InChI=1S/C17H28N2O/c1-19(15-2-4-18-5-3-15)16(20)17-9-12-6-13(10-17)8-14(7-12)11-17/h12-15,18H,2-11H2,1H3. The quantitative estimate of drug-likeness (QED) is 0.840. The molecule has 1 aliphatic heterocycles. The van der Waals surface area contributed by atoms with Crippen LogP contribution in [0.5, 0.6) is 0 Å². The summed E-state index contributed by atoms with van der Waals surface area (Å²) in [6, 6.07) is 0.483. The normalized spacial score (nSPS) is 43.8. The molecule has 112 valence electrons. The molecule has 0 radical (unpaired) electrons. The van der Waals surface area contributed by atoms with Gasteiger partial charge in [-0.25, -0.2) is 0 Å². The molecule has 0 atom stereocenters. The Morgan fingerprint density at radius 3 is 2.00 bits per heavy atom. The fourth-order valence-electron chi connectivity index (χ4n) is 6.11. The molecule has 1 N–H and O–H groups in total. The molecule has 0 aromatic rings. The number of amides is 1. The highest BCUT2D eigenvalue weighted by atomic mass is 16.2. The SMILES string of the molecule is CN(C(=O)C12CC3CC(CC(C3)C1)C2)C1CCNCC1. The number of nitrogens with zero attached hydrogens (tertiary/aromatic N) is 1. The van der Waals surface area contributed by atoms with Crippen molar-refractivity contribution in [3.8, 4) is 0 Å². The van der Waals surface area contributed by atoms with Crippen molar-refractivity contribution in [1.82, 2.24) is 10.2 Å². The van der Waals surface area contributed by atoms with Gasteiger partial charge in [0.15, 0.2) is 0 Å². The van der Waals surface area contributed by atoms with Gasteiger partial charge in [0, 0.05) is 13.1 Å². The highest BCUT2D eigenvalue weighted by molar-refractivity contribution is 5.83. The van der Waals surface area contributed by atoms with Crippen LogP contribution in [0.4, 0.5) is 0 Å². The molecule has 20 heavy (non-hydrogen) atoms. The van der Waals surface area contributed by atoms with Crippen molar-refractivity contribution in [2.24, 2.45) is 23.2 Å². The van der Waals surface area contributed by atoms with Crippen LogP contribution in [0.1, 0.15) is 51.4 Å². The molecule has 0 aromatic carbocycles. The monoisotopic (exact) mass is 276 g/mol. The maximum absolute atomic E-state index is 13.2. The predicted octanol–water partition coefficient (Wildman–Crippen LogP) is 2.41. The lowest BCUT2D eigenvalue weighted by atomic mass is 9.49. The van der Waals surface area contributed by atoms with Crippen LogP contribution in [0.3, 0.4) is 0 Å². The first-order valence-electron chi connectivity index (χ1n) is 8.64. The Morgan fingerprint density at radius 2 is 1.50 bits per heavy atom. The number of hydrogen-bond donors (Lipinski definition) is 1. The summed E-state index contributed by atoms with van der Waals surface area (Å²) >= 11 is 0. The number of hydrogen-bond acceptors (Lipinski definition) is 2. The lowest BCUT2D eigenvalue weighted by molar-refractivity contribution is -0.158. The van der Waals surface area contributed by atoms with E-state index in [4.69, 9.17) is 0 Å². The van der Waals surface area contributed by atoms with Crippen molar-refractivity contribution in [1.29, 1.82) is 0 Å². The number of rotatable bonds is 2. The lowest BCUT2D eigenvalue weighted by Gasteiger charge is -2.57. The number of carbonyl (C=O) groups is 1. The number of nitrogens with one attached hydrogen (secondary N) is 1. The van der Waals surface area contributed by atoms with Gasteiger partial charge in [-0.3, -0.25) is 4.79 Å². The summed E-state index contributed by atoms with van der Waals surface area (Å²) in [7, 11) is 2.08. The second-order valence-electron chi connectivity index (χ2n) is 8.10. The van der Waals surface area contributed by atoms with Crippen LogP contribution < -0.4 is 5.32 Å². The minimum atomic E-state index is 0.0500. The average molecular weight is 276 g/mol. The number of piperidine rings is 1. The third-order valence-electron chi connectivity index (χ3n) is 6.67. The first-order valence-corrected chi connectivity index (χ1v) is 8.64. The van der Waals surface area contributed by atoms with Crippen LogP contribution in [0, 0.1) is 23.2 Å². The molecule has 4 aliphatic carbocycles. The second kappa shape index (κ2) is 4.72. The highest BCUT2D eigenvalue weighted by Crippen LogP contribution is 2.60. The third-order valence-corrected chi connectivity index (χ3v) is 6.67. The largest absolute Gasteiger partial charge is 0.342 e. The number of carbonyl (C=O) groups excluding carboxylic acids is 1. The lowest BCUT2D eigenvalue weighted by Crippen LogP contribution is -2.56. The van der Waals surface area contributed by atoms with Gasteiger partial charge in [-0.15, -0.1) is 0 Å². The molecule has 0 aromatic heterocycles. The molecule has 1 saturated heterocycles. The third kappa shape index (κ3) is 2.01. The highest BCUT2D eigenvalue weighted by Gasteiger charge is 2.55.